The van der Waals surface area contributed by atoms with Crippen LogP contribution in [-0.4, -0.2) is 21.1 Å². The van der Waals surface area contributed by atoms with Crippen LogP contribution in [0.15, 0.2) is 42.5 Å². The molecule has 0 aromatic carbocycles. The van der Waals surface area contributed by atoms with Crippen LogP contribution in [0, 0.1) is 11.5 Å². The highest BCUT2D eigenvalue weighted by Crippen LogP contribution is 2.39. The fourth-order valence-electron chi connectivity index (χ4n) is 2.24. The molecule has 0 aliphatic carbocycles. The highest BCUT2D eigenvalue weighted by atomic mass is 32.2. The molecule has 1 atom stereocenters. The van der Waals surface area contributed by atoms with Gasteiger partial charge in [0.15, 0.2) is 0 Å². The fraction of sp³-hybridized carbons (Fsp3) is 0.231. The number of fused-ring (bicyclic) bond motifs is 1. The third kappa shape index (κ3) is 1.68. The molecule has 0 radical (unpaired) electrons. The zero-order chi connectivity index (χ0) is 11.7. The third-order valence-corrected chi connectivity index (χ3v) is 4.25. The Morgan fingerprint density at radius 2 is 2.41 bits per heavy atom. The Kier molecular flexibility index (Phi) is 2.50. The van der Waals surface area contributed by atoms with E-state index in [1.807, 2.05) is 30.1 Å². The predicted octanol–water partition coefficient (Wildman–Crippen LogP) is 2.71. The first-order chi connectivity index (χ1) is 8.34. The van der Waals surface area contributed by atoms with Gasteiger partial charge in [0.1, 0.15) is 17.8 Å². The van der Waals surface area contributed by atoms with Gasteiger partial charge in [0, 0.05) is 41.8 Å². The van der Waals surface area contributed by atoms with Crippen LogP contribution >= 0.6 is 11.8 Å². The molecule has 4 heteroatoms. The van der Waals surface area contributed by atoms with Crippen LogP contribution < -0.4 is 0 Å². The molecule has 2 aliphatic rings. The molecule has 0 bridgehead atoms. The zero-order valence-electron chi connectivity index (χ0n) is 9.34. The molecule has 1 unspecified atom stereocenters. The quantitative estimate of drug-likeness (QED) is 0.561. The minimum absolute atomic E-state index is 0.356. The Labute approximate surface area is 105 Å². The van der Waals surface area contributed by atoms with Crippen LogP contribution in [0.5, 0.6) is 0 Å². The van der Waals surface area contributed by atoms with Crippen molar-refractivity contribution < 1.29 is 4.48 Å². The Bertz CT molecular complexity index is 542. The van der Waals surface area contributed by atoms with Crippen molar-refractivity contribution in [1.82, 2.24) is 4.98 Å². The van der Waals surface area contributed by atoms with E-state index in [0.29, 0.717) is 4.48 Å². The van der Waals surface area contributed by atoms with Gasteiger partial charge in [-0.3, -0.25) is 4.98 Å². The van der Waals surface area contributed by atoms with Gasteiger partial charge in [-0.25, -0.2) is 0 Å². The van der Waals surface area contributed by atoms with Crippen molar-refractivity contribution in [1.29, 1.82) is 5.26 Å². The number of hydrogen-bond acceptors (Lipinski definition) is 3. The summed E-state index contributed by atoms with van der Waals surface area (Å²) in [6, 6.07) is 3.97. The maximum absolute atomic E-state index is 9.42. The number of aromatic nitrogens is 1. The summed E-state index contributed by atoms with van der Waals surface area (Å²) in [5, 5.41) is 9.42. The Hall–Kier alpha value is -1.57. The summed E-state index contributed by atoms with van der Waals surface area (Å²) in [6.45, 7) is 0. The van der Waals surface area contributed by atoms with Gasteiger partial charge in [-0.15, -0.1) is 17.0 Å². The van der Waals surface area contributed by atoms with Gasteiger partial charge in [0.25, 0.3) is 0 Å². The lowest BCUT2D eigenvalue weighted by Crippen LogP contribution is -2.37. The molecule has 3 heterocycles. The van der Waals surface area contributed by atoms with Gasteiger partial charge in [0.2, 0.25) is 0 Å². The maximum Gasteiger partial charge on any atom is 0.319 e. The van der Waals surface area contributed by atoms with Crippen molar-refractivity contribution in [3.05, 3.63) is 48.1 Å². The molecular weight excluding hydrogens is 230 g/mol. The van der Waals surface area contributed by atoms with Crippen molar-refractivity contribution in [2.45, 2.75) is 6.42 Å². The number of nitriles is 1. The molecule has 3 nitrogen and oxygen atoms in total. The van der Waals surface area contributed by atoms with Gasteiger partial charge >= 0.3 is 6.19 Å². The van der Waals surface area contributed by atoms with Gasteiger partial charge < -0.3 is 0 Å². The standard InChI is InChI=1S/C13H12N3S/c14-9-16-8-12(11-2-1-4-15-7-11)6-13(16)3-5-17-10-16/h1-2,4,6-8H,3,5,10H2/q+1. The van der Waals surface area contributed by atoms with E-state index in [1.165, 1.54) is 5.70 Å². The lowest BCUT2D eigenvalue weighted by atomic mass is 10.1. The largest absolute Gasteiger partial charge is 0.319 e. The van der Waals surface area contributed by atoms with Crippen molar-refractivity contribution in [2.24, 2.45) is 0 Å². The molecular formula is C13H12N3S+. The second-order valence-corrected chi connectivity index (χ2v) is 5.29. The number of quaternary nitrogens is 1. The molecule has 1 aromatic rings. The third-order valence-electron chi connectivity index (χ3n) is 3.16. The van der Waals surface area contributed by atoms with E-state index >= 15 is 0 Å². The minimum atomic E-state index is 0.356. The molecule has 1 fully saturated rings. The number of nitrogens with zero attached hydrogens (tertiary/aromatic N) is 3. The summed E-state index contributed by atoms with van der Waals surface area (Å²) >= 11 is 1.84. The van der Waals surface area contributed by atoms with Crippen molar-refractivity contribution in [2.75, 3.05) is 11.6 Å². The topological polar surface area (TPSA) is 36.7 Å². The predicted molar refractivity (Wildman–Crippen MR) is 68.1 cm³/mol. The van der Waals surface area contributed by atoms with Crippen LogP contribution in [0.2, 0.25) is 0 Å². The van der Waals surface area contributed by atoms with E-state index in [0.717, 1.165) is 29.2 Å². The van der Waals surface area contributed by atoms with Gasteiger partial charge in [0.05, 0.1) is 0 Å². The van der Waals surface area contributed by atoms with Gasteiger partial charge in [-0.2, -0.15) is 4.48 Å². The molecule has 0 saturated carbocycles. The Morgan fingerprint density at radius 3 is 3.12 bits per heavy atom. The van der Waals surface area contributed by atoms with Gasteiger partial charge in [-0.1, -0.05) is 6.07 Å². The SMILES string of the molecule is N#C[N+]12C=C(c3cccnc3)C=C1CCSC2. The highest BCUT2D eigenvalue weighted by Gasteiger charge is 2.40. The first-order valence-corrected chi connectivity index (χ1v) is 6.71. The number of pyridine rings is 1. The molecule has 17 heavy (non-hydrogen) atoms. The minimum Gasteiger partial charge on any atom is -0.264 e. The van der Waals surface area contributed by atoms with E-state index in [4.69, 9.17) is 0 Å². The van der Waals surface area contributed by atoms with Crippen molar-refractivity contribution in [3.63, 3.8) is 0 Å². The lowest BCUT2D eigenvalue weighted by Gasteiger charge is -2.27. The molecule has 2 aliphatic heterocycles. The van der Waals surface area contributed by atoms with E-state index in [-0.39, 0.29) is 0 Å². The first kappa shape index (κ1) is 10.6. The van der Waals surface area contributed by atoms with Crippen molar-refractivity contribution >= 4 is 17.3 Å². The van der Waals surface area contributed by atoms with Crippen molar-refractivity contribution in [3.8, 4) is 6.19 Å². The number of allylic oxidation sites excluding steroid dienone is 3. The second kappa shape index (κ2) is 4.02. The summed E-state index contributed by atoms with van der Waals surface area (Å²) < 4.78 is 0.356. The molecule has 84 valence electrons. The van der Waals surface area contributed by atoms with Crippen LogP contribution in [0.3, 0.4) is 0 Å². The summed E-state index contributed by atoms with van der Waals surface area (Å²) in [5.41, 5.74) is 3.43. The summed E-state index contributed by atoms with van der Waals surface area (Å²) in [5.74, 6) is 1.94. The van der Waals surface area contributed by atoms with E-state index in [9.17, 15) is 5.26 Å². The molecule has 0 N–H and O–H groups in total. The summed E-state index contributed by atoms with van der Waals surface area (Å²) in [4.78, 5) is 4.13. The molecule has 0 amide bonds. The fourth-order valence-corrected chi connectivity index (χ4v) is 3.31. The number of thioether (sulfide) groups is 1. The summed E-state index contributed by atoms with van der Waals surface area (Å²) in [6.07, 6.45) is 11.3. The van der Waals surface area contributed by atoms with E-state index in [2.05, 4.69) is 23.5 Å². The van der Waals surface area contributed by atoms with Crippen LogP contribution in [-0.2, 0) is 0 Å². The Morgan fingerprint density at radius 1 is 1.47 bits per heavy atom. The first-order valence-electron chi connectivity index (χ1n) is 5.55. The van der Waals surface area contributed by atoms with Gasteiger partial charge in [-0.05, 0) is 6.07 Å². The smallest absolute Gasteiger partial charge is 0.264 e. The maximum atomic E-state index is 9.42. The Balaban J connectivity index is 2.05. The molecule has 0 spiro atoms. The number of hydrogen-bond donors (Lipinski definition) is 0. The second-order valence-electron chi connectivity index (χ2n) is 4.22. The lowest BCUT2D eigenvalue weighted by molar-refractivity contribution is -0.757. The highest BCUT2D eigenvalue weighted by molar-refractivity contribution is 7.99. The normalized spacial score (nSPS) is 26.8. The van der Waals surface area contributed by atoms with Crippen LogP contribution in [0.25, 0.3) is 5.57 Å². The molecule has 3 rings (SSSR count). The average molecular weight is 242 g/mol. The van der Waals surface area contributed by atoms with Crippen LogP contribution in [0.4, 0.5) is 0 Å². The monoisotopic (exact) mass is 242 g/mol. The summed E-state index contributed by atoms with van der Waals surface area (Å²) in [7, 11) is 0. The van der Waals surface area contributed by atoms with E-state index < -0.39 is 0 Å². The number of rotatable bonds is 1. The molecule has 1 aromatic heterocycles. The van der Waals surface area contributed by atoms with E-state index in [1.54, 1.807) is 6.20 Å². The molecule has 1 saturated heterocycles. The average Bonchev–Trinajstić information content (AvgIpc) is 2.80. The zero-order valence-corrected chi connectivity index (χ0v) is 10.2. The van der Waals surface area contributed by atoms with Crippen LogP contribution in [0.1, 0.15) is 12.0 Å².